The summed E-state index contributed by atoms with van der Waals surface area (Å²) in [6.45, 7) is 1.95. The van der Waals surface area contributed by atoms with Gasteiger partial charge in [-0.05, 0) is 45.3 Å². The molecule has 94 valence electrons. The molecular weight excluding hydrogens is 304 g/mol. The van der Waals surface area contributed by atoms with Crippen molar-refractivity contribution >= 4 is 32.5 Å². The zero-order chi connectivity index (χ0) is 13.4. The minimum Gasteiger partial charge on any atom is -0.457 e. The SMILES string of the molecule is Cc1ccc2ccccc2c1C(=O)c1ccoc1Br. The number of furan rings is 1. The maximum atomic E-state index is 12.7. The van der Waals surface area contributed by atoms with Crippen LogP contribution in [-0.4, -0.2) is 5.78 Å². The average Bonchev–Trinajstić information content (AvgIpc) is 2.84. The third-order valence-electron chi connectivity index (χ3n) is 3.23. The summed E-state index contributed by atoms with van der Waals surface area (Å²) in [5, 5.41) is 2.04. The molecule has 0 atom stereocenters. The van der Waals surface area contributed by atoms with Gasteiger partial charge < -0.3 is 4.42 Å². The number of aryl methyl sites for hydroxylation is 1. The molecule has 1 aromatic heterocycles. The number of benzene rings is 2. The third-order valence-corrected chi connectivity index (χ3v) is 3.84. The van der Waals surface area contributed by atoms with Crippen LogP contribution in [-0.2, 0) is 0 Å². The van der Waals surface area contributed by atoms with Crippen molar-refractivity contribution in [1.82, 2.24) is 0 Å². The Morgan fingerprint density at radius 3 is 2.63 bits per heavy atom. The van der Waals surface area contributed by atoms with E-state index in [9.17, 15) is 4.79 Å². The molecule has 1 heterocycles. The van der Waals surface area contributed by atoms with Gasteiger partial charge >= 0.3 is 0 Å². The first-order chi connectivity index (χ1) is 9.18. The van der Waals surface area contributed by atoms with Crippen LogP contribution in [0.5, 0.6) is 0 Å². The molecule has 0 saturated carbocycles. The summed E-state index contributed by atoms with van der Waals surface area (Å²) in [6.07, 6.45) is 1.51. The molecule has 3 heteroatoms. The topological polar surface area (TPSA) is 30.2 Å². The van der Waals surface area contributed by atoms with Gasteiger partial charge in [0.15, 0.2) is 10.5 Å². The molecule has 0 fully saturated rings. The lowest BCUT2D eigenvalue weighted by atomic mass is 9.94. The molecule has 2 nitrogen and oxygen atoms in total. The molecule has 0 radical (unpaired) electrons. The van der Waals surface area contributed by atoms with Gasteiger partial charge in [-0.1, -0.05) is 36.4 Å². The quantitative estimate of drug-likeness (QED) is 0.640. The van der Waals surface area contributed by atoms with E-state index in [1.54, 1.807) is 6.07 Å². The van der Waals surface area contributed by atoms with Crippen molar-refractivity contribution < 1.29 is 9.21 Å². The zero-order valence-electron chi connectivity index (χ0n) is 10.3. The summed E-state index contributed by atoms with van der Waals surface area (Å²) in [6, 6.07) is 13.6. The number of fused-ring (bicyclic) bond motifs is 1. The van der Waals surface area contributed by atoms with Gasteiger partial charge in [-0.3, -0.25) is 4.79 Å². The van der Waals surface area contributed by atoms with Gasteiger partial charge in [-0.2, -0.15) is 0 Å². The lowest BCUT2D eigenvalue weighted by Gasteiger charge is -2.08. The first kappa shape index (κ1) is 12.2. The minimum atomic E-state index is -0.0186. The highest BCUT2D eigenvalue weighted by molar-refractivity contribution is 9.10. The monoisotopic (exact) mass is 314 g/mol. The van der Waals surface area contributed by atoms with Gasteiger partial charge in [0.25, 0.3) is 0 Å². The number of carbonyl (C=O) groups is 1. The Morgan fingerprint density at radius 1 is 1.11 bits per heavy atom. The smallest absolute Gasteiger partial charge is 0.198 e. The van der Waals surface area contributed by atoms with E-state index in [4.69, 9.17) is 4.42 Å². The highest BCUT2D eigenvalue weighted by atomic mass is 79.9. The van der Waals surface area contributed by atoms with Crippen LogP contribution in [0.3, 0.4) is 0 Å². The molecule has 0 saturated heterocycles. The molecule has 0 unspecified atom stereocenters. The third kappa shape index (κ3) is 2.00. The Hall–Kier alpha value is -1.87. The van der Waals surface area contributed by atoms with Crippen LogP contribution in [0.1, 0.15) is 21.5 Å². The molecule has 0 amide bonds. The van der Waals surface area contributed by atoms with Gasteiger partial charge in [0.05, 0.1) is 11.8 Å². The maximum Gasteiger partial charge on any atom is 0.198 e. The van der Waals surface area contributed by atoms with Crippen molar-refractivity contribution in [2.75, 3.05) is 0 Å². The fourth-order valence-corrected chi connectivity index (χ4v) is 2.69. The van der Waals surface area contributed by atoms with Crippen LogP contribution in [0.2, 0.25) is 0 Å². The number of carbonyl (C=O) groups excluding carboxylic acids is 1. The fraction of sp³-hybridized carbons (Fsp3) is 0.0625. The fourth-order valence-electron chi connectivity index (χ4n) is 2.27. The van der Waals surface area contributed by atoms with Crippen molar-refractivity contribution in [3.05, 3.63) is 70.1 Å². The van der Waals surface area contributed by atoms with E-state index < -0.39 is 0 Å². The van der Waals surface area contributed by atoms with Crippen molar-refractivity contribution in [3.63, 3.8) is 0 Å². The first-order valence-corrected chi connectivity index (χ1v) is 6.74. The van der Waals surface area contributed by atoms with E-state index in [1.165, 1.54) is 6.26 Å². The van der Waals surface area contributed by atoms with Crippen molar-refractivity contribution in [2.24, 2.45) is 0 Å². The van der Waals surface area contributed by atoms with Gasteiger partial charge in [-0.25, -0.2) is 0 Å². The minimum absolute atomic E-state index is 0.0186. The number of hydrogen-bond donors (Lipinski definition) is 0. The van der Waals surface area contributed by atoms with Crippen LogP contribution < -0.4 is 0 Å². The van der Waals surface area contributed by atoms with Gasteiger partial charge in [0.2, 0.25) is 0 Å². The van der Waals surface area contributed by atoms with Crippen LogP contribution >= 0.6 is 15.9 Å². The Labute approximate surface area is 119 Å². The molecule has 0 spiro atoms. The molecule has 2 aromatic carbocycles. The molecule has 0 aliphatic heterocycles. The highest BCUT2D eigenvalue weighted by Crippen LogP contribution is 2.28. The van der Waals surface area contributed by atoms with Crippen molar-refractivity contribution in [1.29, 1.82) is 0 Å². The molecule has 3 rings (SSSR count). The van der Waals surface area contributed by atoms with Crippen LogP contribution in [0, 0.1) is 6.92 Å². The summed E-state index contributed by atoms with van der Waals surface area (Å²) < 4.78 is 5.63. The Balaban J connectivity index is 2.28. The van der Waals surface area contributed by atoms with E-state index in [1.807, 2.05) is 43.3 Å². The zero-order valence-corrected chi connectivity index (χ0v) is 11.9. The normalized spacial score (nSPS) is 10.8. The number of halogens is 1. The second-order valence-electron chi connectivity index (χ2n) is 4.42. The predicted molar refractivity (Wildman–Crippen MR) is 78.5 cm³/mol. The Morgan fingerprint density at radius 2 is 1.89 bits per heavy atom. The second-order valence-corrected chi connectivity index (χ2v) is 5.14. The van der Waals surface area contributed by atoms with E-state index in [2.05, 4.69) is 15.9 Å². The van der Waals surface area contributed by atoms with E-state index in [-0.39, 0.29) is 5.78 Å². The standard InChI is InChI=1S/C16H11BrO2/c1-10-6-7-11-4-2-3-5-12(11)14(10)15(18)13-8-9-19-16(13)17/h2-9H,1H3. The highest BCUT2D eigenvalue weighted by Gasteiger charge is 2.19. The predicted octanol–water partition coefficient (Wildman–Crippen LogP) is 4.73. The Kier molecular flexibility index (Phi) is 2.99. The summed E-state index contributed by atoms with van der Waals surface area (Å²) in [4.78, 5) is 12.7. The summed E-state index contributed by atoms with van der Waals surface area (Å²) in [7, 11) is 0. The van der Waals surface area contributed by atoms with Crippen LogP contribution in [0.25, 0.3) is 10.8 Å². The number of ketones is 1. The van der Waals surface area contributed by atoms with Gasteiger partial charge in [0.1, 0.15) is 0 Å². The molecular formula is C16H11BrO2. The molecule has 0 aliphatic carbocycles. The van der Waals surface area contributed by atoms with Crippen molar-refractivity contribution in [2.45, 2.75) is 6.92 Å². The lowest BCUT2D eigenvalue weighted by Crippen LogP contribution is -2.04. The first-order valence-electron chi connectivity index (χ1n) is 5.94. The number of rotatable bonds is 2. The molecule has 19 heavy (non-hydrogen) atoms. The van der Waals surface area contributed by atoms with E-state index >= 15 is 0 Å². The second kappa shape index (κ2) is 4.67. The van der Waals surface area contributed by atoms with Gasteiger partial charge in [0, 0.05) is 5.56 Å². The summed E-state index contributed by atoms with van der Waals surface area (Å²) >= 11 is 3.27. The van der Waals surface area contributed by atoms with E-state index in [0.29, 0.717) is 10.2 Å². The molecule has 0 aliphatic rings. The van der Waals surface area contributed by atoms with Gasteiger partial charge in [-0.15, -0.1) is 0 Å². The largest absolute Gasteiger partial charge is 0.457 e. The van der Waals surface area contributed by atoms with Crippen molar-refractivity contribution in [3.8, 4) is 0 Å². The van der Waals surface area contributed by atoms with Crippen LogP contribution in [0.15, 0.2) is 57.8 Å². The molecule has 3 aromatic rings. The molecule has 0 bridgehead atoms. The average molecular weight is 315 g/mol. The molecule has 0 N–H and O–H groups in total. The summed E-state index contributed by atoms with van der Waals surface area (Å²) in [5.41, 5.74) is 2.26. The summed E-state index contributed by atoms with van der Waals surface area (Å²) in [5.74, 6) is -0.0186. The van der Waals surface area contributed by atoms with E-state index in [0.717, 1.165) is 21.9 Å². The Bertz CT molecular complexity index is 771. The van der Waals surface area contributed by atoms with Crippen LogP contribution in [0.4, 0.5) is 0 Å². The lowest BCUT2D eigenvalue weighted by molar-refractivity contribution is 0.103. The number of hydrogen-bond acceptors (Lipinski definition) is 2. The maximum absolute atomic E-state index is 12.7.